The largest absolute Gasteiger partial charge is 0.472 e. The lowest BCUT2D eigenvalue weighted by molar-refractivity contribution is -0.161. The molecule has 0 spiro atoms. The number of aliphatic hydroxyl groups is 1. The van der Waals surface area contributed by atoms with Crippen LogP contribution in [0.15, 0.2) is 0 Å². The Morgan fingerprint density at radius 2 is 0.455 bits per heavy atom. The summed E-state index contributed by atoms with van der Waals surface area (Å²) in [6.45, 7) is 7.37. The van der Waals surface area contributed by atoms with Crippen molar-refractivity contribution in [3.05, 3.63) is 0 Å². The lowest BCUT2D eigenvalue weighted by Crippen LogP contribution is -2.30. The number of esters is 4. The zero-order valence-electron chi connectivity index (χ0n) is 66.1. The number of phosphoric acid groups is 2. The van der Waals surface area contributed by atoms with Gasteiger partial charge in [0, 0.05) is 25.7 Å². The first-order valence-electron chi connectivity index (χ1n) is 42.6. The van der Waals surface area contributed by atoms with E-state index in [0.717, 1.165) is 95.8 Å². The van der Waals surface area contributed by atoms with E-state index < -0.39 is 97.5 Å². The summed E-state index contributed by atoms with van der Waals surface area (Å²) in [7, 11) is -9.92. The van der Waals surface area contributed by atoms with Gasteiger partial charge in [-0.3, -0.25) is 37.3 Å². The molecule has 0 saturated carbocycles. The molecule has 3 N–H and O–H groups in total. The van der Waals surface area contributed by atoms with Gasteiger partial charge in [0.25, 0.3) is 0 Å². The monoisotopic (exact) mass is 1480 g/mol. The zero-order chi connectivity index (χ0) is 74.1. The van der Waals surface area contributed by atoms with Crippen LogP contribution in [0.25, 0.3) is 0 Å². The highest BCUT2D eigenvalue weighted by Crippen LogP contribution is 2.45. The molecule has 600 valence electrons. The highest BCUT2D eigenvalue weighted by Gasteiger charge is 2.30. The van der Waals surface area contributed by atoms with E-state index in [-0.39, 0.29) is 25.7 Å². The van der Waals surface area contributed by atoms with Gasteiger partial charge >= 0.3 is 39.5 Å². The summed E-state index contributed by atoms with van der Waals surface area (Å²) in [6, 6.07) is 0. The second kappa shape index (κ2) is 74.9. The van der Waals surface area contributed by atoms with E-state index in [9.17, 15) is 43.2 Å². The predicted octanol–water partition coefficient (Wildman–Crippen LogP) is 24.8. The second-order valence-corrected chi connectivity index (χ2v) is 32.9. The third kappa shape index (κ3) is 76.1. The van der Waals surface area contributed by atoms with Crippen molar-refractivity contribution in [3.8, 4) is 0 Å². The molecule has 0 aromatic heterocycles. The average molecular weight is 1480 g/mol. The van der Waals surface area contributed by atoms with Gasteiger partial charge in [0.05, 0.1) is 26.4 Å². The van der Waals surface area contributed by atoms with Crippen LogP contribution >= 0.6 is 15.6 Å². The molecule has 101 heavy (non-hydrogen) atoms. The van der Waals surface area contributed by atoms with Gasteiger partial charge in [0.15, 0.2) is 12.2 Å². The van der Waals surface area contributed by atoms with Crippen LogP contribution in [0.4, 0.5) is 0 Å². The molecule has 0 heterocycles. The maximum absolute atomic E-state index is 13.1. The van der Waals surface area contributed by atoms with Crippen LogP contribution in [-0.2, 0) is 65.4 Å². The molecule has 0 amide bonds. The van der Waals surface area contributed by atoms with Gasteiger partial charge in [0.1, 0.15) is 19.3 Å². The Kier molecular flexibility index (Phi) is 73.5. The Hall–Kier alpha value is -1.94. The number of ether oxygens (including phenoxy) is 4. The summed E-state index contributed by atoms with van der Waals surface area (Å²) >= 11 is 0. The Labute approximate surface area is 619 Å². The third-order valence-electron chi connectivity index (χ3n) is 19.3. The molecule has 0 aliphatic carbocycles. The van der Waals surface area contributed by atoms with E-state index in [2.05, 4.69) is 34.6 Å². The summed E-state index contributed by atoms with van der Waals surface area (Å²) in [4.78, 5) is 73.1. The quantitative estimate of drug-likeness (QED) is 0.0222. The van der Waals surface area contributed by atoms with E-state index in [1.807, 2.05) is 0 Å². The van der Waals surface area contributed by atoms with E-state index in [1.165, 1.54) is 263 Å². The topological polar surface area (TPSA) is 237 Å². The minimum Gasteiger partial charge on any atom is -0.462 e. The van der Waals surface area contributed by atoms with Crippen LogP contribution < -0.4 is 0 Å². The molecule has 0 fully saturated rings. The molecule has 17 nitrogen and oxygen atoms in total. The molecule has 2 unspecified atom stereocenters. The molecule has 0 radical (unpaired) electrons. The predicted molar refractivity (Wildman–Crippen MR) is 414 cm³/mol. The van der Waals surface area contributed by atoms with Crippen molar-refractivity contribution in [2.75, 3.05) is 39.6 Å². The van der Waals surface area contributed by atoms with E-state index in [1.54, 1.807) is 0 Å². The lowest BCUT2D eigenvalue weighted by atomic mass is 10.0. The standard InChI is InChI=1S/C82H160O17P2/c1-6-9-12-15-18-21-24-27-29-31-36-41-46-51-56-61-66-80(85)93-72-78(99-82(87)68-63-58-53-48-43-38-33-35-39-44-49-54-59-64-75(4)5)74-97-101(90,91)95-70-76(83)69-94-100(88,89)96-73-77(71-92-79(84)65-60-55-50-45-40-34-26-23-20-17-14-11-8-3)98-81(86)67-62-57-52-47-42-37-32-30-28-25-22-19-16-13-10-7-2/h75-78,83H,6-74H2,1-5H3,(H,88,89)(H,90,91)/t76-,77+,78+/m0/s1. The molecular weight excluding hydrogens is 1320 g/mol. The van der Waals surface area contributed by atoms with Crippen molar-refractivity contribution in [1.29, 1.82) is 0 Å². The summed E-state index contributed by atoms with van der Waals surface area (Å²) < 4.78 is 68.8. The Balaban J connectivity index is 5.27. The number of aliphatic hydroxyl groups excluding tert-OH is 1. The fraction of sp³-hybridized carbons (Fsp3) is 0.951. The zero-order valence-corrected chi connectivity index (χ0v) is 67.8. The van der Waals surface area contributed by atoms with E-state index in [0.29, 0.717) is 25.7 Å². The highest BCUT2D eigenvalue weighted by molar-refractivity contribution is 7.47. The molecule has 0 aliphatic heterocycles. The smallest absolute Gasteiger partial charge is 0.462 e. The Bertz CT molecular complexity index is 1930. The fourth-order valence-electron chi connectivity index (χ4n) is 12.8. The third-order valence-corrected chi connectivity index (χ3v) is 21.2. The number of hydrogen-bond acceptors (Lipinski definition) is 15. The molecule has 0 bridgehead atoms. The summed E-state index contributed by atoms with van der Waals surface area (Å²) in [5, 5.41) is 10.7. The van der Waals surface area contributed by atoms with Crippen LogP contribution in [0.2, 0.25) is 0 Å². The van der Waals surface area contributed by atoms with E-state index in [4.69, 9.17) is 37.0 Å². The SMILES string of the molecule is CCCCCCCCCCCCCCCCCCC(=O)OC[C@H](COP(=O)(O)OC[C@@H](O)COP(=O)(O)OC[C@@H](COC(=O)CCCCCCCCCCCCCCC)OC(=O)CCCCCCCCCCCCCCCCCC)OC(=O)CCCCCCCCCCCCCCCC(C)C. The minimum absolute atomic E-state index is 0.108. The molecule has 0 aromatic rings. The van der Waals surface area contributed by atoms with Crippen LogP contribution in [0.3, 0.4) is 0 Å². The van der Waals surface area contributed by atoms with Crippen molar-refractivity contribution >= 4 is 39.5 Å². The maximum atomic E-state index is 13.1. The molecular formula is C82H160O17P2. The number of hydrogen-bond donors (Lipinski definition) is 3. The number of rotatable bonds is 82. The average Bonchev–Trinajstić information content (AvgIpc) is 0.978. The number of carbonyl (C=O) groups excluding carboxylic acids is 4. The normalized spacial score (nSPS) is 13.8. The number of unbranched alkanes of at least 4 members (excludes halogenated alkanes) is 54. The van der Waals surface area contributed by atoms with Gasteiger partial charge in [-0.05, 0) is 31.6 Å². The van der Waals surface area contributed by atoms with Crippen LogP contribution in [0, 0.1) is 5.92 Å². The number of phosphoric ester groups is 2. The van der Waals surface area contributed by atoms with Crippen LogP contribution in [0.1, 0.15) is 439 Å². The minimum atomic E-state index is -4.96. The van der Waals surface area contributed by atoms with Gasteiger partial charge in [-0.15, -0.1) is 0 Å². The summed E-state index contributed by atoms with van der Waals surface area (Å²) in [6.07, 6.45) is 66.4. The van der Waals surface area contributed by atoms with Gasteiger partial charge in [-0.25, -0.2) is 9.13 Å². The van der Waals surface area contributed by atoms with Crippen molar-refractivity contribution < 1.29 is 80.2 Å². The first kappa shape index (κ1) is 99.1. The second-order valence-electron chi connectivity index (χ2n) is 30.0. The van der Waals surface area contributed by atoms with Gasteiger partial charge in [0.2, 0.25) is 0 Å². The van der Waals surface area contributed by atoms with Crippen molar-refractivity contribution in [1.82, 2.24) is 0 Å². The number of carbonyl (C=O) groups is 4. The first-order valence-corrected chi connectivity index (χ1v) is 45.6. The fourth-order valence-corrected chi connectivity index (χ4v) is 14.3. The van der Waals surface area contributed by atoms with Crippen molar-refractivity contribution in [2.24, 2.45) is 5.92 Å². The van der Waals surface area contributed by atoms with Gasteiger partial charge in [-0.1, -0.05) is 388 Å². The molecule has 0 aromatic carbocycles. The maximum Gasteiger partial charge on any atom is 0.472 e. The summed E-state index contributed by atoms with van der Waals surface area (Å²) in [5.74, 6) is -1.31. The van der Waals surface area contributed by atoms with Crippen molar-refractivity contribution in [3.63, 3.8) is 0 Å². The molecule has 5 atom stereocenters. The lowest BCUT2D eigenvalue weighted by Gasteiger charge is -2.21. The van der Waals surface area contributed by atoms with Crippen molar-refractivity contribution in [2.45, 2.75) is 457 Å². The molecule has 19 heteroatoms. The van der Waals surface area contributed by atoms with Gasteiger partial charge in [-0.2, -0.15) is 0 Å². The van der Waals surface area contributed by atoms with Crippen LogP contribution in [0.5, 0.6) is 0 Å². The van der Waals surface area contributed by atoms with E-state index >= 15 is 0 Å². The van der Waals surface area contributed by atoms with Crippen LogP contribution in [-0.4, -0.2) is 96.7 Å². The molecule has 0 aliphatic rings. The Morgan fingerprint density at radius 1 is 0.267 bits per heavy atom. The highest BCUT2D eigenvalue weighted by atomic mass is 31.2. The molecule has 0 saturated heterocycles. The first-order chi connectivity index (χ1) is 49.0. The summed E-state index contributed by atoms with van der Waals surface area (Å²) in [5.41, 5.74) is 0. The molecule has 0 rings (SSSR count). The van der Waals surface area contributed by atoms with Gasteiger partial charge < -0.3 is 33.8 Å². The Morgan fingerprint density at radius 3 is 0.673 bits per heavy atom.